The highest BCUT2D eigenvalue weighted by Crippen LogP contribution is 2.23. The standard InChI is InChI=1S/C15H16FN2S.ClH/c1-11(2)14-10-18-8-7-17(15(18)19-14)9-12-3-5-13(16)6-4-12;/h3-8,10-11H,9H2,1-2H3;1H/q+1;/p-1. The molecule has 0 bridgehead atoms. The zero-order chi connectivity index (χ0) is 13.4. The third-order valence-corrected chi connectivity index (χ3v) is 4.62. The molecule has 2 nitrogen and oxygen atoms in total. The van der Waals surface area contributed by atoms with E-state index in [1.165, 1.54) is 22.0 Å². The zero-order valence-electron chi connectivity index (χ0n) is 11.4. The lowest BCUT2D eigenvalue weighted by Crippen LogP contribution is -3.00. The first-order chi connectivity index (χ1) is 9.13. The number of thiazole rings is 1. The molecule has 0 atom stereocenters. The van der Waals surface area contributed by atoms with Crippen LogP contribution in [-0.4, -0.2) is 4.40 Å². The van der Waals surface area contributed by atoms with Gasteiger partial charge in [0, 0.05) is 0 Å². The Morgan fingerprint density at radius 2 is 1.95 bits per heavy atom. The molecule has 0 spiro atoms. The van der Waals surface area contributed by atoms with Crippen LogP contribution in [0.2, 0.25) is 0 Å². The summed E-state index contributed by atoms with van der Waals surface area (Å²) >= 11 is 1.81. The lowest BCUT2D eigenvalue weighted by Gasteiger charge is -1.98. The molecule has 0 fully saturated rings. The highest BCUT2D eigenvalue weighted by Gasteiger charge is 2.16. The fourth-order valence-electron chi connectivity index (χ4n) is 2.08. The van der Waals surface area contributed by atoms with Gasteiger partial charge in [0.15, 0.2) is 0 Å². The van der Waals surface area contributed by atoms with E-state index in [9.17, 15) is 4.39 Å². The predicted molar refractivity (Wildman–Crippen MR) is 75.1 cm³/mol. The van der Waals surface area contributed by atoms with E-state index in [4.69, 9.17) is 0 Å². The first kappa shape index (κ1) is 15.0. The smallest absolute Gasteiger partial charge is 0.346 e. The van der Waals surface area contributed by atoms with Crippen molar-refractivity contribution in [3.8, 4) is 0 Å². The first-order valence-electron chi connectivity index (χ1n) is 6.38. The molecule has 5 heteroatoms. The van der Waals surface area contributed by atoms with Crippen LogP contribution in [0.15, 0.2) is 42.9 Å². The van der Waals surface area contributed by atoms with Crippen molar-refractivity contribution < 1.29 is 21.4 Å². The molecular formula is C15H16ClFN2S. The summed E-state index contributed by atoms with van der Waals surface area (Å²) in [5.74, 6) is 0.359. The van der Waals surface area contributed by atoms with Gasteiger partial charge in [0.25, 0.3) is 0 Å². The van der Waals surface area contributed by atoms with E-state index in [0.29, 0.717) is 5.92 Å². The van der Waals surface area contributed by atoms with Crippen LogP contribution in [0.3, 0.4) is 0 Å². The minimum absolute atomic E-state index is 0. The van der Waals surface area contributed by atoms with Crippen LogP contribution in [0.4, 0.5) is 4.39 Å². The number of imidazole rings is 1. The number of halogens is 2. The Morgan fingerprint density at radius 3 is 2.60 bits per heavy atom. The molecule has 0 saturated heterocycles. The monoisotopic (exact) mass is 310 g/mol. The summed E-state index contributed by atoms with van der Waals surface area (Å²) in [6.45, 7) is 5.18. The van der Waals surface area contributed by atoms with Gasteiger partial charge in [0.05, 0.1) is 4.88 Å². The van der Waals surface area contributed by atoms with E-state index in [0.717, 1.165) is 12.1 Å². The molecule has 0 aliphatic carbocycles. The van der Waals surface area contributed by atoms with Crippen molar-refractivity contribution in [2.45, 2.75) is 26.3 Å². The summed E-state index contributed by atoms with van der Waals surface area (Å²) in [6, 6.07) is 6.69. The quantitative estimate of drug-likeness (QED) is 0.626. The molecule has 0 unspecified atom stereocenters. The average Bonchev–Trinajstić information content (AvgIpc) is 2.94. The van der Waals surface area contributed by atoms with Crippen molar-refractivity contribution in [2.75, 3.05) is 0 Å². The fraction of sp³-hybridized carbons (Fsp3) is 0.267. The number of nitrogens with zero attached hydrogens (tertiary/aromatic N) is 2. The lowest BCUT2D eigenvalue weighted by atomic mass is 10.2. The van der Waals surface area contributed by atoms with Crippen LogP contribution in [0.1, 0.15) is 30.2 Å². The summed E-state index contributed by atoms with van der Waals surface area (Å²) < 4.78 is 17.3. The predicted octanol–water partition coefficient (Wildman–Crippen LogP) is 0.603. The minimum atomic E-state index is -0.186. The average molecular weight is 311 g/mol. The van der Waals surface area contributed by atoms with E-state index in [-0.39, 0.29) is 18.2 Å². The molecule has 106 valence electrons. The minimum Gasteiger partial charge on any atom is -1.00 e. The molecule has 0 radical (unpaired) electrons. The third-order valence-electron chi connectivity index (χ3n) is 3.18. The van der Waals surface area contributed by atoms with Gasteiger partial charge >= 0.3 is 4.96 Å². The summed E-state index contributed by atoms with van der Waals surface area (Å²) in [7, 11) is 0. The maximum Gasteiger partial charge on any atom is 0.346 e. The van der Waals surface area contributed by atoms with Crippen molar-refractivity contribution in [1.29, 1.82) is 0 Å². The number of fused-ring (bicyclic) bond motifs is 1. The van der Waals surface area contributed by atoms with Crippen molar-refractivity contribution in [2.24, 2.45) is 0 Å². The number of rotatable bonds is 3. The van der Waals surface area contributed by atoms with Crippen LogP contribution in [0.5, 0.6) is 0 Å². The van der Waals surface area contributed by atoms with Crippen molar-refractivity contribution in [3.05, 3.63) is 59.1 Å². The first-order valence-corrected chi connectivity index (χ1v) is 7.19. The largest absolute Gasteiger partial charge is 1.00 e. The van der Waals surface area contributed by atoms with E-state index in [1.807, 2.05) is 23.5 Å². The van der Waals surface area contributed by atoms with Crippen LogP contribution in [-0.2, 0) is 6.54 Å². The summed E-state index contributed by atoms with van der Waals surface area (Å²) in [6.07, 6.45) is 6.33. The van der Waals surface area contributed by atoms with Crippen LogP contribution in [0, 0.1) is 5.82 Å². The molecule has 0 amide bonds. The third kappa shape index (κ3) is 2.86. The highest BCUT2D eigenvalue weighted by molar-refractivity contribution is 7.16. The molecule has 1 aromatic carbocycles. The van der Waals surface area contributed by atoms with E-state index in [2.05, 4.69) is 41.4 Å². The Labute approximate surface area is 127 Å². The lowest BCUT2D eigenvalue weighted by molar-refractivity contribution is -0.659. The Bertz CT molecular complexity index is 700. The molecular weight excluding hydrogens is 295 g/mol. The molecule has 0 saturated carbocycles. The fourth-order valence-corrected chi connectivity index (χ4v) is 3.15. The van der Waals surface area contributed by atoms with Gasteiger partial charge in [-0.3, -0.25) is 0 Å². The van der Waals surface area contributed by atoms with Crippen LogP contribution >= 0.6 is 11.3 Å². The molecule has 3 aromatic rings. The summed E-state index contributed by atoms with van der Waals surface area (Å²) in [4.78, 5) is 2.59. The Kier molecular flexibility index (Phi) is 4.45. The van der Waals surface area contributed by atoms with Gasteiger partial charge in [-0.15, -0.1) is 0 Å². The molecule has 0 N–H and O–H groups in total. The second-order valence-corrected chi connectivity index (χ2v) is 6.07. The van der Waals surface area contributed by atoms with Gasteiger partial charge in [-0.25, -0.2) is 8.96 Å². The van der Waals surface area contributed by atoms with Gasteiger partial charge in [-0.05, 0) is 23.6 Å². The maximum absolute atomic E-state index is 12.9. The van der Waals surface area contributed by atoms with E-state index >= 15 is 0 Å². The van der Waals surface area contributed by atoms with Crippen LogP contribution < -0.4 is 17.0 Å². The molecule has 0 aliphatic heterocycles. The van der Waals surface area contributed by atoms with Gasteiger partial charge in [-0.1, -0.05) is 37.3 Å². The Balaban J connectivity index is 0.00000147. The Morgan fingerprint density at radius 1 is 1.25 bits per heavy atom. The second kappa shape index (κ2) is 5.94. The zero-order valence-corrected chi connectivity index (χ0v) is 13.0. The van der Waals surface area contributed by atoms with Crippen molar-refractivity contribution >= 4 is 16.3 Å². The van der Waals surface area contributed by atoms with E-state index in [1.54, 1.807) is 0 Å². The number of benzene rings is 1. The number of aromatic nitrogens is 2. The van der Waals surface area contributed by atoms with Gasteiger partial charge in [-0.2, -0.15) is 4.40 Å². The number of hydrogen-bond donors (Lipinski definition) is 0. The molecule has 0 aliphatic rings. The van der Waals surface area contributed by atoms with Gasteiger partial charge in [0.2, 0.25) is 0 Å². The highest BCUT2D eigenvalue weighted by atomic mass is 35.5. The topological polar surface area (TPSA) is 8.29 Å². The molecule has 3 rings (SSSR count). The van der Waals surface area contributed by atoms with Gasteiger partial charge in [0.1, 0.15) is 31.0 Å². The summed E-state index contributed by atoms with van der Waals surface area (Å²) in [5.41, 5.74) is 1.11. The van der Waals surface area contributed by atoms with Crippen molar-refractivity contribution in [1.82, 2.24) is 4.40 Å². The molecule has 2 aromatic heterocycles. The van der Waals surface area contributed by atoms with Crippen molar-refractivity contribution in [3.63, 3.8) is 0 Å². The normalized spacial score (nSPS) is 11.0. The SMILES string of the molecule is CC(C)c1cn2cc[n+](Cc3ccc(F)cc3)c2s1.[Cl-]. The second-order valence-electron chi connectivity index (χ2n) is 5.03. The van der Waals surface area contributed by atoms with Gasteiger partial charge < -0.3 is 12.4 Å². The molecule has 2 heterocycles. The van der Waals surface area contributed by atoms with Crippen LogP contribution in [0.25, 0.3) is 4.96 Å². The number of hydrogen-bond acceptors (Lipinski definition) is 1. The maximum atomic E-state index is 12.9. The Hall–Kier alpha value is -1.39. The van der Waals surface area contributed by atoms with E-state index < -0.39 is 0 Å². The molecule has 20 heavy (non-hydrogen) atoms. The summed E-state index contributed by atoms with van der Waals surface area (Å²) in [5, 5.41) is 0.